The van der Waals surface area contributed by atoms with E-state index in [2.05, 4.69) is 18.2 Å². The van der Waals surface area contributed by atoms with Gasteiger partial charge in [0.15, 0.2) is 0 Å². The number of fused-ring (bicyclic) bond motifs is 1. The predicted molar refractivity (Wildman–Crippen MR) is 96.5 cm³/mol. The van der Waals surface area contributed by atoms with Crippen molar-refractivity contribution in [2.45, 2.75) is 52.6 Å². The number of nitrogens with zero attached hydrogens (tertiary/aromatic N) is 1. The maximum absolute atomic E-state index is 12.3. The zero-order valence-corrected chi connectivity index (χ0v) is 15.9. The maximum Gasteiger partial charge on any atom is 0.410 e. The van der Waals surface area contributed by atoms with Gasteiger partial charge in [-0.1, -0.05) is 25.1 Å². The quantitative estimate of drug-likeness (QED) is 0.787. The number of methoxy groups -OCH3 is 1. The summed E-state index contributed by atoms with van der Waals surface area (Å²) in [5, 5.41) is 0. The van der Waals surface area contributed by atoms with Crippen LogP contribution in [-0.4, -0.2) is 42.8 Å². The monoisotopic (exact) mass is 347 g/mol. The van der Waals surface area contributed by atoms with E-state index in [1.807, 2.05) is 27.7 Å². The summed E-state index contributed by atoms with van der Waals surface area (Å²) in [5.74, 6) is -0.349. The average Bonchev–Trinajstić information content (AvgIpc) is 2.74. The van der Waals surface area contributed by atoms with Crippen LogP contribution in [0.1, 0.15) is 44.4 Å². The Balaban J connectivity index is 2.04. The summed E-state index contributed by atoms with van der Waals surface area (Å²) in [6, 6.07) is 6.35. The Morgan fingerprint density at radius 3 is 2.40 bits per heavy atom. The van der Waals surface area contributed by atoms with Gasteiger partial charge >= 0.3 is 12.1 Å². The van der Waals surface area contributed by atoms with Gasteiger partial charge in [0.1, 0.15) is 5.60 Å². The Bertz CT molecular complexity index is 633. The minimum absolute atomic E-state index is 0.160. The van der Waals surface area contributed by atoms with Gasteiger partial charge in [0.2, 0.25) is 0 Å². The number of hydrogen-bond donors (Lipinski definition) is 0. The summed E-state index contributed by atoms with van der Waals surface area (Å²) in [7, 11) is 1.42. The zero-order valence-electron chi connectivity index (χ0n) is 15.9. The number of rotatable bonds is 3. The second-order valence-electron chi connectivity index (χ2n) is 7.70. The molecule has 1 atom stereocenters. The largest absolute Gasteiger partial charge is 0.469 e. The molecular weight excluding hydrogens is 318 g/mol. The number of carbonyl (C=O) groups excluding carboxylic acids is 2. The second-order valence-corrected chi connectivity index (χ2v) is 7.70. The maximum atomic E-state index is 12.3. The van der Waals surface area contributed by atoms with Gasteiger partial charge in [-0.2, -0.15) is 0 Å². The van der Waals surface area contributed by atoms with Crippen molar-refractivity contribution in [2.24, 2.45) is 5.92 Å². The number of hydrogen-bond acceptors (Lipinski definition) is 4. The molecule has 1 aliphatic rings. The Hall–Kier alpha value is -2.04. The molecule has 0 spiro atoms. The van der Waals surface area contributed by atoms with E-state index in [9.17, 15) is 9.59 Å². The summed E-state index contributed by atoms with van der Waals surface area (Å²) in [6.45, 7) is 8.84. The van der Waals surface area contributed by atoms with Crippen molar-refractivity contribution in [3.05, 3.63) is 34.9 Å². The Labute approximate surface area is 150 Å². The zero-order chi connectivity index (χ0) is 18.6. The van der Waals surface area contributed by atoms with Crippen molar-refractivity contribution in [1.82, 2.24) is 4.90 Å². The van der Waals surface area contributed by atoms with Crippen LogP contribution in [0.25, 0.3) is 0 Å². The highest BCUT2D eigenvalue weighted by Crippen LogP contribution is 2.21. The molecule has 5 nitrogen and oxygen atoms in total. The SMILES string of the molecule is COC(=O)C(C)Cc1ccc2c(c1)CCN(C(=O)OC(C)(C)C)CC2. The highest BCUT2D eigenvalue weighted by molar-refractivity contribution is 5.72. The molecule has 2 rings (SSSR count). The topological polar surface area (TPSA) is 55.8 Å². The summed E-state index contributed by atoms with van der Waals surface area (Å²) in [5.41, 5.74) is 3.16. The predicted octanol–water partition coefficient (Wildman–Crippen LogP) is 3.37. The van der Waals surface area contributed by atoms with E-state index in [1.165, 1.54) is 18.2 Å². The molecule has 0 radical (unpaired) electrons. The first-order valence-corrected chi connectivity index (χ1v) is 8.86. The van der Waals surface area contributed by atoms with Crippen LogP contribution >= 0.6 is 0 Å². The third-order valence-electron chi connectivity index (χ3n) is 4.37. The normalized spacial score (nSPS) is 15.8. The third kappa shape index (κ3) is 5.48. The molecule has 0 saturated heterocycles. The van der Waals surface area contributed by atoms with Crippen molar-refractivity contribution in [3.8, 4) is 0 Å². The van der Waals surface area contributed by atoms with Crippen LogP contribution < -0.4 is 0 Å². The Kier molecular flexibility index (Phi) is 6.09. The fourth-order valence-electron chi connectivity index (χ4n) is 3.05. The first-order chi connectivity index (χ1) is 11.7. The van der Waals surface area contributed by atoms with Gasteiger partial charge < -0.3 is 14.4 Å². The summed E-state index contributed by atoms with van der Waals surface area (Å²) < 4.78 is 10.3. The highest BCUT2D eigenvalue weighted by atomic mass is 16.6. The molecule has 1 aromatic carbocycles. The number of benzene rings is 1. The minimum Gasteiger partial charge on any atom is -0.469 e. The first kappa shape index (κ1) is 19.3. The Morgan fingerprint density at radius 1 is 1.16 bits per heavy atom. The molecule has 5 heteroatoms. The molecule has 25 heavy (non-hydrogen) atoms. The van der Waals surface area contributed by atoms with E-state index in [0.29, 0.717) is 19.5 Å². The van der Waals surface area contributed by atoms with E-state index >= 15 is 0 Å². The fourth-order valence-corrected chi connectivity index (χ4v) is 3.05. The van der Waals surface area contributed by atoms with Gasteiger partial charge in [0.05, 0.1) is 13.0 Å². The molecule has 1 heterocycles. The van der Waals surface area contributed by atoms with E-state index in [4.69, 9.17) is 9.47 Å². The summed E-state index contributed by atoms with van der Waals surface area (Å²) >= 11 is 0. The number of ether oxygens (including phenoxy) is 2. The lowest BCUT2D eigenvalue weighted by atomic mass is 9.95. The van der Waals surface area contributed by atoms with Crippen molar-refractivity contribution >= 4 is 12.1 Å². The second kappa shape index (κ2) is 7.89. The smallest absolute Gasteiger partial charge is 0.410 e. The van der Waals surface area contributed by atoms with Gasteiger partial charge in [-0.05, 0) is 56.7 Å². The molecule has 1 unspecified atom stereocenters. The van der Waals surface area contributed by atoms with E-state index in [1.54, 1.807) is 4.90 Å². The van der Waals surface area contributed by atoms with Gasteiger partial charge in [-0.3, -0.25) is 4.79 Å². The van der Waals surface area contributed by atoms with Crippen LogP contribution in [-0.2, 0) is 33.5 Å². The lowest BCUT2D eigenvalue weighted by molar-refractivity contribution is -0.144. The molecule has 0 saturated carbocycles. The molecule has 0 fully saturated rings. The average molecular weight is 347 g/mol. The lowest BCUT2D eigenvalue weighted by Gasteiger charge is -2.26. The molecule has 0 N–H and O–H groups in total. The lowest BCUT2D eigenvalue weighted by Crippen LogP contribution is -2.38. The van der Waals surface area contributed by atoms with Gasteiger partial charge in [0.25, 0.3) is 0 Å². The van der Waals surface area contributed by atoms with Gasteiger partial charge in [0, 0.05) is 13.1 Å². The van der Waals surface area contributed by atoms with Crippen LogP contribution in [0.3, 0.4) is 0 Å². The molecule has 1 aliphatic heterocycles. The molecule has 1 aromatic rings. The first-order valence-electron chi connectivity index (χ1n) is 8.86. The molecule has 0 bridgehead atoms. The molecule has 1 amide bonds. The van der Waals surface area contributed by atoms with E-state index < -0.39 is 5.60 Å². The highest BCUT2D eigenvalue weighted by Gasteiger charge is 2.24. The standard InChI is InChI=1S/C20H29NO4/c1-14(18(22)24-5)12-15-6-7-16-8-10-21(11-9-17(16)13-15)19(23)25-20(2,3)4/h6-7,13-14H,8-12H2,1-5H3. The Morgan fingerprint density at radius 2 is 1.80 bits per heavy atom. The molecule has 0 aromatic heterocycles. The van der Waals surface area contributed by atoms with Crippen molar-refractivity contribution in [2.75, 3.05) is 20.2 Å². The number of carbonyl (C=O) groups is 2. The van der Waals surface area contributed by atoms with E-state index in [0.717, 1.165) is 18.4 Å². The number of esters is 1. The molecular formula is C20H29NO4. The van der Waals surface area contributed by atoms with Crippen molar-refractivity contribution in [3.63, 3.8) is 0 Å². The fraction of sp³-hybridized carbons (Fsp3) is 0.600. The summed E-state index contributed by atoms with van der Waals surface area (Å²) in [4.78, 5) is 25.7. The van der Waals surface area contributed by atoms with Crippen LogP contribution in [0.2, 0.25) is 0 Å². The summed E-state index contributed by atoms with van der Waals surface area (Å²) in [6.07, 6.45) is 2.03. The van der Waals surface area contributed by atoms with Crippen LogP contribution in [0, 0.1) is 5.92 Å². The van der Waals surface area contributed by atoms with Crippen LogP contribution in [0.5, 0.6) is 0 Å². The van der Waals surface area contributed by atoms with E-state index in [-0.39, 0.29) is 18.0 Å². The van der Waals surface area contributed by atoms with Crippen molar-refractivity contribution < 1.29 is 19.1 Å². The third-order valence-corrected chi connectivity index (χ3v) is 4.37. The number of amides is 1. The minimum atomic E-state index is -0.479. The molecule has 138 valence electrons. The van der Waals surface area contributed by atoms with Gasteiger partial charge in [-0.25, -0.2) is 4.79 Å². The van der Waals surface area contributed by atoms with Crippen LogP contribution in [0.15, 0.2) is 18.2 Å². The van der Waals surface area contributed by atoms with Crippen LogP contribution in [0.4, 0.5) is 4.79 Å². The van der Waals surface area contributed by atoms with Gasteiger partial charge in [-0.15, -0.1) is 0 Å². The molecule has 0 aliphatic carbocycles. The van der Waals surface area contributed by atoms with Crippen molar-refractivity contribution in [1.29, 1.82) is 0 Å².